The summed E-state index contributed by atoms with van der Waals surface area (Å²) < 4.78 is 17.4. The summed E-state index contributed by atoms with van der Waals surface area (Å²) in [5.41, 5.74) is 4.02. The molecule has 6 aromatic rings. The van der Waals surface area contributed by atoms with Gasteiger partial charge in [0.05, 0.1) is 38.6 Å². The van der Waals surface area contributed by atoms with Crippen LogP contribution >= 0.6 is 0 Å². The fourth-order valence-corrected chi connectivity index (χ4v) is 5.38. The summed E-state index contributed by atoms with van der Waals surface area (Å²) in [6, 6.07) is 15.7. The highest BCUT2D eigenvalue weighted by Crippen LogP contribution is 2.24. The summed E-state index contributed by atoms with van der Waals surface area (Å²) in [6.07, 6.45) is 16.0. The number of carbonyl (C=O) groups excluding carboxylic acids is 4. The minimum absolute atomic E-state index is 0. The monoisotopic (exact) mass is 636 g/mol. The molecule has 6 rings (SSSR count). The maximum Gasteiger partial charge on any atom is 0.338 e. The van der Waals surface area contributed by atoms with Crippen molar-refractivity contribution in [2.24, 2.45) is 0 Å². The first kappa shape index (κ1) is 32.3. The highest BCUT2D eigenvalue weighted by Gasteiger charge is 2.15. The molecule has 0 spiro atoms. The molecule has 0 amide bonds. The topological polar surface area (TPSA) is 164 Å². The van der Waals surface area contributed by atoms with Crippen LogP contribution in [0, 0.1) is 0 Å². The van der Waals surface area contributed by atoms with Crippen molar-refractivity contribution in [3.8, 4) is 0 Å². The van der Waals surface area contributed by atoms with E-state index < -0.39 is 23.9 Å². The predicted molar refractivity (Wildman–Crippen MR) is 171 cm³/mol. The molecule has 0 radical (unpaired) electrons. The molecule has 2 aromatic carbocycles. The lowest BCUT2D eigenvalue weighted by molar-refractivity contribution is -0.159. The van der Waals surface area contributed by atoms with Gasteiger partial charge < -0.3 is 33.2 Å². The molecule has 0 saturated heterocycles. The number of aromatic nitrogens is 6. The molecule has 0 aliphatic rings. The Kier molecular flexibility index (Phi) is 10.2. The quantitative estimate of drug-likeness (QED) is 0.112. The average Bonchev–Trinajstić information content (AvgIpc) is 3.87. The predicted octanol–water partition coefficient (Wildman–Crippen LogP) is 3.44. The van der Waals surface area contributed by atoms with Crippen molar-refractivity contribution in [1.82, 2.24) is 28.2 Å². The third-order valence-corrected chi connectivity index (χ3v) is 7.46. The van der Waals surface area contributed by atoms with Crippen LogP contribution in [-0.2, 0) is 54.8 Å². The highest BCUT2D eigenvalue weighted by molar-refractivity contribution is 5.99. The number of carbonyl (C=O) groups is 4. The van der Waals surface area contributed by atoms with Crippen LogP contribution in [0.4, 0.5) is 0 Å². The number of fused-ring (bicyclic) bond motifs is 2. The number of hydrogen-bond acceptors (Lipinski definition) is 8. The Balaban J connectivity index is 0.00000433. The largest absolute Gasteiger partial charge is 0.412 e. The van der Waals surface area contributed by atoms with Gasteiger partial charge in [0.2, 0.25) is 0 Å². The molecule has 0 bridgehead atoms. The highest BCUT2D eigenvalue weighted by atomic mass is 16.6. The van der Waals surface area contributed by atoms with E-state index in [4.69, 9.17) is 9.47 Å². The van der Waals surface area contributed by atoms with Crippen LogP contribution in [0.25, 0.3) is 21.8 Å². The first-order valence-electron chi connectivity index (χ1n) is 14.7. The van der Waals surface area contributed by atoms with E-state index in [2.05, 4.69) is 9.97 Å². The molecular formula is C34H32N6O7. The van der Waals surface area contributed by atoms with E-state index in [-0.39, 0.29) is 18.3 Å². The van der Waals surface area contributed by atoms with Gasteiger partial charge in [0.1, 0.15) is 0 Å². The van der Waals surface area contributed by atoms with Gasteiger partial charge in [0.25, 0.3) is 0 Å². The minimum Gasteiger partial charge on any atom is -0.412 e. The molecule has 0 unspecified atom stereocenters. The van der Waals surface area contributed by atoms with Crippen molar-refractivity contribution >= 4 is 45.7 Å². The van der Waals surface area contributed by atoms with E-state index in [9.17, 15) is 19.2 Å². The second kappa shape index (κ2) is 14.8. The molecule has 0 fully saturated rings. The van der Waals surface area contributed by atoms with E-state index in [0.29, 0.717) is 26.2 Å². The number of aryl methyl sites for hydroxylation is 2. The van der Waals surface area contributed by atoms with Crippen molar-refractivity contribution in [2.45, 2.75) is 39.0 Å². The molecule has 13 nitrogen and oxygen atoms in total. The Morgan fingerprint density at radius 3 is 1.47 bits per heavy atom. The number of hydrogen-bond donors (Lipinski definition) is 0. The first-order chi connectivity index (χ1) is 22.4. The van der Waals surface area contributed by atoms with Gasteiger partial charge >= 0.3 is 23.9 Å². The lowest BCUT2D eigenvalue weighted by Gasteiger charge is -2.05. The molecule has 240 valence electrons. The number of rotatable bonds is 12. The molecule has 0 aliphatic carbocycles. The Morgan fingerprint density at radius 1 is 0.638 bits per heavy atom. The average molecular weight is 637 g/mol. The van der Waals surface area contributed by atoms with Gasteiger partial charge in [-0.05, 0) is 23.3 Å². The third kappa shape index (κ3) is 7.96. The van der Waals surface area contributed by atoms with Crippen LogP contribution in [0.5, 0.6) is 0 Å². The normalized spacial score (nSPS) is 11.1. The summed E-state index contributed by atoms with van der Waals surface area (Å²) in [5.74, 6) is -3.56. The van der Waals surface area contributed by atoms with Crippen molar-refractivity contribution < 1.29 is 34.1 Å². The third-order valence-electron chi connectivity index (χ3n) is 7.46. The van der Waals surface area contributed by atoms with Crippen molar-refractivity contribution in [3.05, 3.63) is 122 Å². The summed E-state index contributed by atoms with van der Waals surface area (Å²) in [6.45, 7) is 1.82. The van der Waals surface area contributed by atoms with E-state index in [1.165, 1.54) is 0 Å². The molecule has 2 N–H and O–H groups in total. The Bertz CT molecular complexity index is 1890. The van der Waals surface area contributed by atoms with E-state index in [1.54, 1.807) is 25.0 Å². The second-order valence-corrected chi connectivity index (χ2v) is 10.6. The number of imidazole rings is 2. The van der Waals surface area contributed by atoms with Crippen LogP contribution in [-0.4, -0.2) is 57.6 Å². The maximum absolute atomic E-state index is 12.4. The number of esters is 4. The van der Waals surface area contributed by atoms with Gasteiger partial charge in [-0.25, -0.2) is 19.6 Å². The fourth-order valence-electron chi connectivity index (χ4n) is 5.38. The van der Waals surface area contributed by atoms with Gasteiger partial charge in [-0.3, -0.25) is 9.59 Å². The van der Waals surface area contributed by atoms with Crippen LogP contribution in [0.3, 0.4) is 0 Å². The van der Waals surface area contributed by atoms with E-state index in [1.807, 2.05) is 91.6 Å². The van der Waals surface area contributed by atoms with Gasteiger partial charge in [-0.15, -0.1) is 0 Å². The number of ether oxygens (including phenoxy) is 2. The zero-order valence-corrected chi connectivity index (χ0v) is 25.3. The fraction of sp³-hybridized carbons (Fsp3) is 0.176. The minimum atomic E-state index is -1.03. The molecule has 0 atom stereocenters. The van der Waals surface area contributed by atoms with Gasteiger partial charge in [0.15, 0.2) is 0 Å². The lowest BCUT2D eigenvalue weighted by Crippen LogP contribution is -2.15. The standard InChI is InChI=1S/C34H30N6O6.H2O/c41-31(45-33(43)11-15-39-21-25(19-37-17-13-35-23-37)27-5-1-3-7-29(27)39)9-10-32(42)46-34(44)12-16-40-22-26(20-38-18-14-36-24-38)28-6-2-4-8-30(28)40;/h1-10,13-14,17-18,21-24H,11-12,15-16,19-20H2;1H2/b10-9+;. The molecule has 13 heteroatoms. The molecule has 47 heavy (non-hydrogen) atoms. The van der Waals surface area contributed by atoms with Crippen molar-refractivity contribution in [2.75, 3.05) is 0 Å². The van der Waals surface area contributed by atoms with Crippen molar-refractivity contribution in [3.63, 3.8) is 0 Å². The Morgan fingerprint density at radius 2 is 1.06 bits per heavy atom. The summed E-state index contributed by atoms with van der Waals surface area (Å²) in [4.78, 5) is 57.2. The van der Waals surface area contributed by atoms with Crippen LogP contribution in [0.2, 0.25) is 0 Å². The SMILES string of the molecule is O.O=C(/C=C/C(=O)OC(=O)CCn1cc(Cn2ccnc2)c2ccccc21)OC(=O)CCn1cc(Cn2ccnc2)c2ccccc21. The van der Waals surface area contributed by atoms with E-state index >= 15 is 0 Å². The maximum atomic E-state index is 12.4. The van der Waals surface area contributed by atoms with Gasteiger partial charge in [-0.1, -0.05) is 36.4 Å². The molecule has 0 aliphatic heterocycles. The van der Waals surface area contributed by atoms with E-state index in [0.717, 1.165) is 45.1 Å². The number of para-hydroxylation sites is 2. The summed E-state index contributed by atoms with van der Waals surface area (Å²) in [7, 11) is 0. The van der Waals surface area contributed by atoms with Gasteiger partial charge in [-0.2, -0.15) is 0 Å². The summed E-state index contributed by atoms with van der Waals surface area (Å²) in [5, 5.41) is 2.10. The Labute approximate surface area is 268 Å². The molecule has 0 saturated carbocycles. The van der Waals surface area contributed by atoms with Crippen LogP contribution < -0.4 is 0 Å². The number of benzene rings is 2. The summed E-state index contributed by atoms with van der Waals surface area (Å²) >= 11 is 0. The van der Waals surface area contributed by atoms with Gasteiger partial charge in [0, 0.05) is 84.2 Å². The Hall–Kier alpha value is -6.08. The zero-order chi connectivity index (χ0) is 31.9. The smallest absolute Gasteiger partial charge is 0.338 e. The van der Waals surface area contributed by atoms with Crippen LogP contribution in [0.15, 0.2) is 111 Å². The zero-order valence-electron chi connectivity index (χ0n) is 25.3. The second-order valence-electron chi connectivity index (χ2n) is 10.6. The van der Waals surface area contributed by atoms with Crippen molar-refractivity contribution in [1.29, 1.82) is 0 Å². The number of nitrogens with zero attached hydrogens (tertiary/aromatic N) is 6. The molecule has 4 heterocycles. The molecule has 4 aromatic heterocycles. The van der Waals surface area contributed by atoms with Crippen LogP contribution in [0.1, 0.15) is 24.0 Å². The lowest BCUT2D eigenvalue weighted by atomic mass is 10.2. The first-order valence-corrected chi connectivity index (χ1v) is 14.7. The molecular weight excluding hydrogens is 604 g/mol.